The van der Waals surface area contributed by atoms with Gasteiger partial charge in [0.2, 0.25) is 0 Å². The Kier molecular flexibility index (Phi) is 50.2. The Labute approximate surface area is 404 Å². The van der Waals surface area contributed by atoms with Gasteiger partial charge in [0.15, 0.2) is 6.10 Å². The zero-order valence-corrected chi connectivity index (χ0v) is 41.6. The van der Waals surface area contributed by atoms with Crippen LogP contribution in [0.5, 0.6) is 0 Å². The molecule has 0 aromatic carbocycles. The Morgan fingerprint density at radius 2 is 0.667 bits per heavy atom. The molecule has 0 rings (SSSR count). The molecule has 0 aliphatic heterocycles. The molecule has 0 fully saturated rings. The molecule has 0 amide bonds. The molecule has 0 bridgehead atoms. The maximum absolute atomic E-state index is 12.7. The highest BCUT2D eigenvalue weighted by Crippen LogP contribution is 2.07. The van der Waals surface area contributed by atoms with Crippen LogP contribution in [0.25, 0.3) is 0 Å². The van der Waals surface area contributed by atoms with Gasteiger partial charge in [0.05, 0.1) is 13.0 Å². The third-order valence-electron chi connectivity index (χ3n) is 9.45. The van der Waals surface area contributed by atoms with Crippen LogP contribution < -0.4 is 0 Å². The van der Waals surface area contributed by atoms with E-state index in [1.54, 1.807) is 0 Å². The van der Waals surface area contributed by atoms with Gasteiger partial charge < -0.3 is 14.2 Å². The minimum Gasteiger partial charge on any atom is -0.462 e. The number of unbranched alkanes of at least 4 members (excludes halogenated alkanes) is 3. The summed E-state index contributed by atoms with van der Waals surface area (Å²) < 4.78 is 17.2. The average Bonchev–Trinajstić information content (AvgIpc) is 3.32. The van der Waals surface area contributed by atoms with Gasteiger partial charge in [-0.3, -0.25) is 9.59 Å². The number of allylic oxidation sites excluding steroid dienone is 29. The summed E-state index contributed by atoms with van der Waals surface area (Å²) in [4.78, 5) is 25.3. The number of ether oxygens (including phenoxy) is 3. The summed E-state index contributed by atoms with van der Waals surface area (Å²) in [6, 6.07) is 0. The number of carbonyl (C=O) groups excluding carboxylic acids is 2. The molecule has 0 aliphatic carbocycles. The topological polar surface area (TPSA) is 61.8 Å². The standard InChI is InChI=1S/C61H90O5/c1-4-7-10-13-16-19-22-25-28-30-32-35-38-41-44-47-50-53-56-64-57-59(66-61(63)55-52-49-46-43-40-37-33-27-24-21-18-15-12-9-6-3)58-65-60(62)54-51-48-45-42-39-36-34-31-29-26-23-20-17-14-11-8-5-2/h7-12,16-21,25-29,32-36,40-45,49,52,59H,4-6,13-15,22-24,30-31,37-39,46-48,50-51,53-58H2,1-3H3/b10-7-,11-8-,12-9-,19-16-,20-17-,21-18-,28-25-,29-26-,33-27-,35-32-,36-34-,43-40-,44-41-,45-42-,52-49-. The zero-order chi connectivity index (χ0) is 47.7. The molecular formula is C61H90O5. The van der Waals surface area contributed by atoms with Crippen molar-refractivity contribution in [2.24, 2.45) is 0 Å². The molecule has 364 valence electrons. The first-order valence-electron chi connectivity index (χ1n) is 25.3. The van der Waals surface area contributed by atoms with E-state index in [1.807, 2.05) is 12.2 Å². The van der Waals surface area contributed by atoms with Crippen molar-refractivity contribution in [3.05, 3.63) is 182 Å². The molecule has 0 aromatic rings. The van der Waals surface area contributed by atoms with Crippen molar-refractivity contribution in [3.63, 3.8) is 0 Å². The van der Waals surface area contributed by atoms with E-state index in [0.29, 0.717) is 19.4 Å². The van der Waals surface area contributed by atoms with Gasteiger partial charge in [-0.25, -0.2) is 0 Å². The van der Waals surface area contributed by atoms with Gasteiger partial charge in [0.25, 0.3) is 0 Å². The average molecular weight is 903 g/mol. The highest BCUT2D eigenvalue weighted by molar-refractivity contribution is 5.71. The van der Waals surface area contributed by atoms with Crippen molar-refractivity contribution in [2.45, 2.75) is 168 Å². The van der Waals surface area contributed by atoms with E-state index in [0.717, 1.165) is 122 Å². The van der Waals surface area contributed by atoms with Crippen LogP contribution >= 0.6 is 0 Å². The predicted octanol–water partition coefficient (Wildman–Crippen LogP) is 17.4. The van der Waals surface area contributed by atoms with Crippen LogP contribution in [0, 0.1) is 0 Å². The Morgan fingerprint density at radius 3 is 1.03 bits per heavy atom. The Morgan fingerprint density at radius 1 is 0.348 bits per heavy atom. The molecule has 5 nitrogen and oxygen atoms in total. The Bertz CT molecular complexity index is 1580. The lowest BCUT2D eigenvalue weighted by molar-refractivity contribution is -0.162. The molecule has 0 spiro atoms. The summed E-state index contributed by atoms with van der Waals surface area (Å²) in [7, 11) is 0. The van der Waals surface area contributed by atoms with E-state index in [4.69, 9.17) is 14.2 Å². The molecule has 0 saturated carbocycles. The first kappa shape index (κ1) is 61.0. The lowest BCUT2D eigenvalue weighted by Crippen LogP contribution is -2.29. The van der Waals surface area contributed by atoms with E-state index < -0.39 is 6.10 Å². The molecule has 0 aliphatic rings. The predicted molar refractivity (Wildman–Crippen MR) is 287 cm³/mol. The normalized spacial score (nSPS) is 13.8. The van der Waals surface area contributed by atoms with E-state index in [9.17, 15) is 9.59 Å². The largest absolute Gasteiger partial charge is 0.462 e. The van der Waals surface area contributed by atoms with Crippen LogP contribution in [0.4, 0.5) is 0 Å². The van der Waals surface area contributed by atoms with E-state index in [1.165, 1.54) is 0 Å². The van der Waals surface area contributed by atoms with Crippen molar-refractivity contribution >= 4 is 11.9 Å². The quantitative estimate of drug-likeness (QED) is 0.0347. The van der Waals surface area contributed by atoms with Crippen LogP contribution in [-0.4, -0.2) is 37.9 Å². The molecule has 0 saturated heterocycles. The fourth-order valence-electron chi connectivity index (χ4n) is 5.82. The Balaban J connectivity index is 4.62. The van der Waals surface area contributed by atoms with Crippen LogP contribution in [-0.2, 0) is 23.8 Å². The number of hydrogen-bond acceptors (Lipinski definition) is 5. The third-order valence-corrected chi connectivity index (χ3v) is 9.45. The highest BCUT2D eigenvalue weighted by atomic mass is 16.6. The van der Waals surface area contributed by atoms with Gasteiger partial charge in [0, 0.05) is 13.0 Å². The van der Waals surface area contributed by atoms with E-state index in [-0.39, 0.29) is 31.6 Å². The van der Waals surface area contributed by atoms with Crippen molar-refractivity contribution in [1.82, 2.24) is 0 Å². The van der Waals surface area contributed by atoms with Crippen LogP contribution in [0.2, 0.25) is 0 Å². The van der Waals surface area contributed by atoms with Gasteiger partial charge in [-0.2, -0.15) is 0 Å². The van der Waals surface area contributed by atoms with Crippen LogP contribution in [0.3, 0.4) is 0 Å². The van der Waals surface area contributed by atoms with Gasteiger partial charge in [-0.1, -0.05) is 203 Å². The second-order valence-corrected chi connectivity index (χ2v) is 15.6. The monoisotopic (exact) mass is 903 g/mol. The second kappa shape index (κ2) is 54.3. The molecule has 66 heavy (non-hydrogen) atoms. The molecule has 5 heteroatoms. The first-order chi connectivity index (χ1) is 32.6. The lowest BCUT2D eigenvalue weighted by atomic mass is 10.2. The maximum atomic E-state index is 12.7. The molecule has 0 aromatic heterocycles. The fraction of sp³-hybridized carbons (Fsp3) is 0.475. The summed E-state index contributed by atoms with van der Waals surface area (Å²) in [5.74, 6) is -0.656. The molecule has 0 radical (unpaired) electrons. The van der Waals surface area contributed by atoms with Crippen molar-refractivity contribution in [1.29, 1.82) is 0 Å². The van der Waals surface area contributed by atoms with E-state index in [2.05, 4.69) is 191 Å². The van der Waals surface area contributed by atoms with Crippen molar-refractivity contribution in [2.75, 3.05) is 19.8 Å². The molecular weight excluding hydrogens is 813 g/mol. The number of rotatable bonds is 43. The zero-order valence-electron chi connectivity index (χ0n) is 41.6. The molecule has 0 heterocycles. The minimum absolute atomic E-state index is 0.0159. The van der Waals surface area contributed by atoms with Gasteiger partial charge in [-0.15, -0.1) is 0 Å². The molecule has 0 N–H and O–H groups in total. The maximum Gasteiger partial charge on any atom is 0.310 e. The molecule has 1 atom stereocenters. The number of carbonyl (C=O) groups is 2. The molecule has 1 unspecified atom stereocenters. The summed E-state index contributed by atoms with van der Waals surface area (Å²) in [5.41, 5.74) is 0. The summed E-state index contributed by atoms with van der Waals surface area (Å²) in [6.45, 7) is 7.17. The smallest absolute Gasteiger partial charge is 0.310 e. The Hall–Kier alpha value is -5.00. The summed E-state index contributed by atoms with van der Waals surface area (Å²) in [6.07, 6.45) is 83.7. The minimum atomic E-state index is -0.652. The first-order valence-corrected chi connectivity index (χ1v) is 25.3. The third kappa shape index (κ3) is 51.6. The van der Waals surface area contributed by atoms with Crippen molar-refractivity contribution < 1.29 is 23.8 Å². The fourth-order valence-corrected chi connectivity index (χ4v) is 5.82. The number of esters is 2. The second-order valence-electron chi connectivity index (χ2n) is 15.6. The van der Waals surface area contributed by atoms with Gasteiger partial charge >= 0.3 is 11.9 Å². The highest BCUT2D eigenvalue weighted by Gasteiger charge is 2.17. The summed E-state index contributed by atoms with van der Waals surface area (Å²) >= 11 is 0. The SMILES string of the molecule is CC/C=C\C/C=C\C/C=C\C/C=C\C/C=C\CCCCOCC(COC(=O)CCC/C=C\C/C=C\C/C=C\C/C=C\C/C=C\CC)OC(=O)C/C=C\C/C=C\C/C=C\C/C=C\C/C=C\CC. The summed E-state index contributed by atoms with van der Waals surface area (Å²) in [5, 5.41) is 0. The van der Waals surface area contributed by atoms with Crippen LogP contribution in [0.15, 0.2) is 182 Å². The van der Waals surface area contributed by atoms with Crippen LogP contribution in [0.1, 0.15) is 162 Å². The lowest BCUT2D eigenvalue weighted by Gasteiger charge is -2.18. The van der Waals surface area contributed by atoms with Crippen molar-refractivity contribution in [3.8, 4) is 0 Å². The van der Waals surface area contributed by atoms with Gasteiger partial charge in [0.1, 0.15) is 6.61 Å². The number of hydrogen-bond donors (Lipinski definition) is 0. The van der Waals surface area contributed by atoms with Gasteiger partial charge in [-0.05, 0) is 128 Å². The van der Waals surface area contributed by atoms with E-state index >= 15 is 0 Å².